The van der Waals surface area contributed by atoms with Crippen LogP contribution in [0.1, 0.15) is 32.1 Å². The minimum atomic E-state index is -0.628. The fourth-order valence-electron chi connectivity index (χ4n) is 3.85. The highest BCUT2D eigenvalue weighted by Gasteiger charge is 2.12. The molecule has 2 aromatic rings. The zero-order chi connectivity index (χ0) is 21.9. The number of nitrogens with one attached hydrogen (secondary N) is 2. The second-order valence-electron chi connectivity index (χ2n) is 7.94. The summed E-state index contributed by atoms with van der Waals surface area (Å²) in [6.07, 6.45) is 10.9. The quantitative estimate of drug-likeness (QED) is 0.355. The van der Waals surface area contributed by atoms with E-state index in [1.165, 1.54) is 51.4 Å². The first-order valence-corrected chi connectivity index (χ1v) is 11.1. The molecule has 1 unspecified atom stereocenters. The SMILES string of the molecule is C#CCOc1ccc(OCC(O)CNCCCCN2CCCCC2)c2ccc(=O)[nH]c12. The van der Waals surface area contributed by atoms with Gasteiger partial charge in [0.1, 0.15) is 30.8 Å². The molecule has 3 N–H and O–H groups in total. The standard InChI is InChI=1S/C24H33N3O4/c1-2-16-30-22-10-9-21(20-8-11-23(29)26-24(20)22)31-18-19(28)17-25-12-4-7-15-27-13-5-3-6-14-27/h1,8-11,19,25,28H,3-7,12-18H2,(H,26,29). The van der Waals surface area contributed by atoms with Gasteiger partial charge in [0.25, 0.3) is 0 Å². The van der Waals surface area contributed by atoms with Crippen molar-refractivity contribution in [3.05, 3.63) is 34.6 Å². The summed E-state index contributed by atoms with van der Waals surface area (Å²) in [5.74, 6) is 3.47. The Labute approximate surface area is 183 Å². The monoisotopic (exact) mass is 427 g/mol. The van der Waals surface area contributed by atoms with E-state index in [1.54, 1.807) is 18.2 Å². The van der Waals surface area contributed by atoms with Gasteiger partial charge >= 0.3 is 0 Å². The number of aliphatic hydroxyl groups excluding tert-OH is 1. The molecule has 1 atom stereocenters. The minimum absolute atomic E-state index is 0.106. The first-order chi connectivity index (χ1) is 15.2. The van der Waals surface area contributed by atoms with Crippen LogP contribution in [0, 0.1) is 12.3 Å². The number of unbranched alkanes of at least 4 members (excludes halogenated alkanes) is 1. The minimum Gasteiger partial charge on any atom is -0.490 e. The molecule has 168 valence electrons. The lowest BCUT2D eigenvalue weighted by molar-refractivity contribution is 0.107. The Morgan fingerprint density at radius 2 is 1.94 bits per heavy atom. The number of rotatable bonds is 12. The lowest BCUT2D eigenvalue weighted by atomic mass is 10.1. The first kappa shape index (κ1) is 23.1. The second-order valence-corrected chi connectivity index (χ2v) is 7.94. The predicted octanol–water partition coefficient (Wildman–Crippen LogP) is 2.14. The number of hydrogen-bond donors (Lipinski definition) is 3. The number of likely N-dealkylation sites (tertiary alicyclic amines) is 1. The molecule has 0 spiro atoms. The largest absolute Gasteiger partial charge is 0.490 e. The van der Waals surface area contributed by atoms with Crippen molar-refractivity contribution in [2.45, 2.75) is 38.2 Å². The Morgan fingerprint density at radius 3 is 2.74 bits per heavy atom. The number of fused-ring (bicyclic) bond motifs is 1. The van der Waals surface area contributed by atoms with E-state index in [4.69, 9.17) is 15.9 Å². The number of piperidine rings is 1. The summed E-state index contributed by atoms with van der Waals surface area (Å²) < 4.78 is 11.3. The Kier molecular flexibility index (Phi) is 9.22. The van der Waals surface area contributed by atoms with E-state index in [2.05, 4.69) is 21.1 Å². The number of terminal acetylenes is 1. The van der Waals surface area contributed by atoms with Crippen molar-refractivity contribution in [3.63, 3.8) is 0 Å². The highest BCUT2D eigenvalue weighted by molar-refractivity contribution is 5.89. The van der Waals surface area contributed by atoms with Crippen molar-refractivity contribution in [2.24, 2.45) is 0 Å². The number of hydrogen-bond acceptors (Lipinski definition) is 6. The first-order valence-electron chi connectivity index (χ1n) is 11.1. The normalized spacial score (nSPS) is 15.5. The molecule has 1 aliphatic rings. The van der Waals surface area contributed by atoms with Gasteiger partial charge in [-0.25, -0.2) is 0 Å². The number of nitrogens with zero attached hydrogens (tertiary/aromatic N) is 1. The second kappa shape index (κ2) is 12.4. The van der Waals surface area contributed by atoms with Crippen LogP contribution in [0.3, 0.4) is 0 Å². The Hall–Kier alpha value is -2.53. The number of benzene rings is 1. The smallest absolute Gasteiger partial charge is 0.248 e. The number of ether oxygens (including phenoxy) is 2. The summed E-state index contributed by atoms with van der Waals surface area (Å²) >= 11 is 0. The van der Waals surface area contributed by atoms with Gasteiger partial charge in [-0.1, -0.05) is 12.3 Å². The third-order valence-electron chi connectivity index (χ3n) is 5.47. The van der Waals surface area contributed by atoms with Gasteiger partial charge < -0.3 is 29.8 Å². The van der Waals surface area contributed by atoms with E-state index in [1.807, 2.05) is 0 Å². The summed E-state index contributed by atoms with van der Waals surface area (Å²) in [7, 11) is 0. The molecule has 0 radical (unpaired) electrons. The van der Waals surface area contributed by atoms with Gasteiger partial charge in [0.05, 0.1) is 5.52 Å². The van der Waals surface area contributed by atoms with Gasteiger partial charge in [0.2, 0.25) is 5.56 Å². The molecular formula is C24H33N3O4. The Bertz CT molecular complexity index is 915. The van der Waals surface area contributed by atoms with E-state index in [0.717, 1.165) is 13.0 Å². The van der Waals surface area contributed by atoms with Crippen LogP contribution in [0.2, 0.25) is 0 Å². The van der Waals surface area contributed by atoms with Gasteiger partial charge in [-0.15, -0.1) is 6.42 Å². The third-order valence-corrected chi connectivity index (χ3v) is 5.47. The van der Waals surface area contributed by atoms with Crippen molar-refractivity contribution in [3.8, 4) is 23.8 Å². The van der Waals surface area contributed by atoms with Crippen LogP contribution in [-0.2, 0) is 0 Å². The van der Waals surface area contributed by atoms with Crippen LogP contribution < -0.4 is 20.3 Å². The lowest BCUT2D eigenvalue weighted by Crippen LogP contribution is -2.33. The van der Waals surface area contributed by atoms with E-state index >= 15 is 0 Å². The average molecular weight is 428 g/mol. The topological polar surface area (TPSA) is 86.8 Å². The van der Waals surface area contributed by atoms with E-state index in [0.29, 0.717) is 28.9 Å². The van der Waals surface area contributed by atoms with Crippen LogP contribution in [0.25, 0.3) is 10.9 Å². The zero-order valence-corrected chi connectivity index (χ0v) is 18.1. The number of H-pyrrole nitrogens is 1. The fraction of sp³-hybridized carbons (Fsp3) is 0.542. The molecule has 3 rings (SSSR count). The summed E-state index contributed by atoms with van der Waals surface area (Å²) in [5.41, 5.74) is 0.293. The number of aliphatic hydroxyl groups is 1. The molecule has 1 aromatic carbocycles. The van der Waals surface area contributed by atoms with Gasteiger partial charge in [-0.3, -0.25) is 4.79 Å². The maximum atomic E-state index is 11.7. The van der Waals surface area contributed by atoms with Crippen molar-refractivity contribution in [2.75, 3.05) is 45.9 Å². The lowest BCUT2D eigenvalue weighted by Gasteiger charge is -2.26. The summed E-state index contributed by atoms with van der Waals surface area (Å²) in [6.45, 7) is 5.27. The van der Waals surface area contributed by atoms with E-state index < -0.39 is 6.10 Å². The van der Waals surface area contributed by atoms with Crippen LogP contribution in [0.5, 0.6) is 11.5 Å². The predicted molar refractivity (Wildman–Crippen MR) is 123 cm³/mol. The molecule has 2 heterocycles. The molecule has 0 aliphatic carbocycles. The van der Waals surface area contributed by atoms with E-state index in [9.17, 15) is 9.90 Å². The van der Waals surface area contributed by atoms with Gasteiger partial charge in [-0.05, 0) is 70.1 Å². The molecule has 0 saturated carbocycles. The van der Waals surface area contributed by atoms with Crippen LogP contribution in [0.4, 0.5) is 0 Å². The third kappa shape index (κ3) is 7.28. The molecule has 1 aliphatic heterocycles. The molecule has 1 aromatic heterocycles. The molecule has 1 saturated heterocycles. The molecule has 1 fully saturated rings. The maximum absolute atomic E-state index is 11.7. The molecule has 31 heavy (non-hydrogen) atoms. The van der Waals surface area contributed by atoms with E-state index in [-0.39, 0.29) is 18.8 Å². The van der Waals surface area contributed by atoms with Crippen molar-refractivity contribution < 1.29 is 14.6 Å². The van der Waals surface area contributed by atoms with Crippen molar-refractivity contribution in [1.82, 2.24) is 15.2 Å². The average Bonchev–Trinajstić information content (AvgIpc) is 2.79. The number of aromatic amines is 1. The summed E-state index contributed by atoms with van der Waals surface area (Å²) in [5, 5.41) is 14.3. The molecule has 0 bridgehead atoms. The van der Waals surface area contributed by atoms with Crippen molar-refractivity contribution in [1.29, 1.82) is 0 Å². The highest BCUT2D eigenvalue weighted by Crippen LogP contribution is 2.31. The van der Waals surface area contributed by atoms with Gasteiger partial charge in [0, 0.05) is 18.0 Å². The maximum Gasteiger partial charge on any atom is 0.248 e. The molecular weight excluding hydrogens is 394 g/mol. The molecule has 7 heteroatoms. The molecule has 0 amide bonds. The summed E-state index contributed by atoms with van der Waals surface area (Å²) in [6, 6.07) is 6.58. The number of pyridine rings is 1. The van der Waals surface area contributed by atoms with Gasteiger partial charge in [0.15, 0.2) is 0 Å². The van der Waals surface area contributed by atoms with Crippen LogP contribution in [0.15, 0.2) is 29.1 Å². The highest BCUT2D eigenvalue weighted by atomic mass is 16.5. The number of aromatic nitrogens is 1. The van der Waals surface area contributed by atoms with Crippen molar-refractivity contribution >= 4 is 10.9 Å². The fourth-order valence-corrected chi connectivity index (χ4v) is 3.85. The zero-order valence-electron chi connectivity index (χ0n) is 18.1. The van der Waals surface area contributed by atoms with Gasteiger partial charge in [-0.2, -0.15) is 0 Å². The summed E-state index contributed by atoms with van der Waals surface area (Å²) in [4.78, 5) is 17.0. The van der Waals surface area contributed by atoms with Crippen LogP contribution >= 0.6 is 0 Å². The molecule has 7 nitrogen and oxygen atoms in total. The Morgan fingerprint density at radius 1 is 1.13 bits per heavy atom. The van der Waals surface area contributed by atoms with Crippen LogP contribution in [-0.4, -0.2) is 67.0 Å². The Balaban J connectivity index is 1.42.